The zero-order valence-corrected chi connectivity index (χ0v) is 22.7. The number of methoxy groups -OCH3 is 1. The van der Waals surface area contributed by atoms with Crippen molar-refractivity contribution in [2.24, 2.45) is 5.10 Å². The summed E-state index contributed by atoms with van der Waals surface area (Å²) in [5, 5.41) is 6.87. The predicted molar refractivity (Wildman–Crippen MR) is 139 cm³/mol. The lowest BCUT2D eigenvalue weighted by molar-refractivity contribution is 0.0112. The normalized spacial score (nSPS) is 16.4. The van der Waals surface area contributed by atoms with Crippen LogP contribution in [0, 0.1) is 0 Å². The number of unbranched alkanes of at least 4 members (excludes halogenated alkanes) is 1. The SMILES string of the molecule is CCCCNN/C=C(/C)NN(/N=C(/C=C(\CC)OC)CC)C1CCN(C(=O)OC(C)(C)C)CC1. The molecule has 0 aromatic rings. The molecule has 1 aliphatic heterocycles. The molecule has 1 aliphatic rings. The van der Waals surface area contributed by atoms with Crippen LogP contribution in [0.3, 0.4) is 0 Å². The number of carbonyl (C=O) groups excluding carboxylic acids is 1. The van der Waals surface area contributed by atoms with Gasteiger partial charge in [-0.05, 0) is 59.5 Å². The zero-order valence-electron chi connectivity index (χ0n) is 22.7. The number of allylic oxidation sites excluding steroid dienone is 3. The highest BCUT2D eigenvalue weighted by Gasteiger charge is 2.29. The first-order valence-corrected chi connectivity index (χ1v) is 12.6. The smallest absolute Gasteiger partial charge is 0.410 e. The number of carbonyl (C=O) groups is 1. The quantitative estimate of drug-likeness (QED) is 0.153. The lowest BCUT2D eigenvalue weighted by Gasteiger charge is -2.38. The van der Waals surface area contributed by atoms with Gasteiger partial charge in [0.15, 0.2) is 0 Å². The molecule has 0 atom stereocenters. The summed E-state index contributed by atoms with van der Waals surface area (Å²) < 4.78 is 11.0. The number of piperidine rings is 1. The molecule has 1 amide bonds. The van der Waals surface area contributed by atoms with Gasteiger partial charge in [-0.1, -0.05) is 27.2 Å². The lowest BCUT2D eigenvalue weighted by atomic mass is 10.1. The molecule has 1 rings (SSSR count). The molecule has 0 aromatic carbocycles. The highest BCUT2D eigenvalue weighted by molar-refractivity contribution is 5.94. The van der Waals surface area contributed by atoms with Crippen molar-refractivity contribution in [3.8, 4) is 0 Å². The maximum absolute atomic E-state index is 12.5. The fraction of sp³-hybridized carbons (Fsp3) is 0.760. The van der Waals surface area contributed by atoms with Gasteiger partial charge in [0.05, 0.1) is 24.6 Å². The molecule has 196 valence electrons. The second-order valence-corrected chi connectivity index (χ2v) is 9.52. The number of likely N-dealkylation sites (tertiary alicyclic amines) is 1. The molecule has 1 heterocycles. The van der Waals surface area contributed by atoms with E-state index in [-0.39, 0.29) is 12.1 Å². The minimum atomic E-state index is -0.493. The van der Waals surface area contributed by atoms with Crippen molar-refractivity contribution in [1.29, 1.82) is 0 Å². The van der Waals surface area contributed by atoms with Crippen molar-refractivity contribution in [1.82, 2.24) is 26.3 Å². The minimum Gasteiger partial charge on any atom is -0.501 e. The number of nitrogens with zero attached hydrogens (tertiary/aromatic N) is 3. The van der Waals surface area contributed by atoms with Gasteiger partial charge in [0, 0.05) is 38.0 Å². The number of hydrazine groups is 2. The van der Waals surface area contributed by atoms with Gasteiger partial charge in [-0.15, -0.1) is 0 Å². The summed E-state index contributed by atoms with van der Waals surface area (Å²) in [7, 11) is 1.69. The fourth-order valence-corrected chi connectivity index (χ4v) is 3.36. The van der Waals surface area contributed by atoms with E-state index in [1.165, 1.54) is 0 Å². The summed E-state index contributed by atoms with van der Waals surface area (Å²) in [6, 6.07) is 0.137. The third kappa shape index (κ3) is 11.6. The second kappa shape index (κ2) is 15.5. The number of ether oxygens (including phenoxy) is 2. The van der Waals surface area contributed by atoms with Crippen molar-refractivity contribution >= 4 is 11.8 Å². The molecule has 9 heteroatoms. The number of hydrogen-bond donors (Lipinski definition) is 3. The molecule has 1 fully saturated rings. The van der Waals surface area contributed by atoms with E-state index in [0.717, 1.165) is 62.2 Å². The Labute approximate surface area is 206 Å². The molecule has 0 radical (unpaired) electrons. The average Bonchev–Trinajstić information content (AvgIpc) is 2.80. The zero-order chi connectivity index (χ0) is 25.6. The Morgan fingerprint density at radius 3 is 2.38 bits per heavy atom. The monoisotopic (exact) mass is 480 g/mol. The van der Waals surface area contributed by atoms with Gasteiger partial charge in [0.25, 0.3) is 0 Å². The first-order chi connectivity index (χ1) is 16.1. The van der Waals surface area contributed by atoms with Crippen LogP contribution in [0.25, 0.3) is 0 Å². The van der Waals surface area contributed by atoms with Gasteiger partial charge < -0.3 is 19.8 Å². The number of rotatable bonds is 13. The van der Waals surface area contributed by atoms with Gasteiger partial charge in [0.1, 0.15) is 5.60 Å². The summed E-state index contributed by atoms with van der Waals surface area (Å²) in [6.45, 7) is 16.2. The van der Waals surface area contributed by atoms with E-state index < -0.39 is 5.60 Å². The summed E-state index contributed by atoms with van der Waals surface area (Å²) >= 11 is 0. The van der Waals surface area contributed by atoms with Crippen LogP contribution in [0.2, 0.25) is 0 Å². The van der Waals surface area contributed by atoms with E-state index >= 15 is 0 Å². The molecular formula is C25H48N6O3. The minimum absolute atomic E-state index is 0.137. The van der Waals surface area contributed by atoms with Crippen LogP contribution < -0.4 is 16.3 Å². The Kier molecular flexibility index (Phi) is 13.5. The van der Waals surface area contributed by atoms with Crippen LogP contribution in [0.15, 0.2) is 28.8 Å². The molecule has 0 aliphatic carbocycles. The Hall–Kier alpha value is -2.42. The van der Waals surface area contributed by atoms with Crippen LogP contribution in [0.5, 0.6) is 0 Å². The molecule has 0 spiro atoms. The lowest BCUT2D eigenvalue weighted by Crippen LogP contribution is -2.50. The summed E-state index contributed by atoms with van der Waals surface area (Å²) in [5.41, 5.74) is 11.1. The van der Waals surface area contributed by atoms with Crippen molar-refractivity contribution in [2.45, 2.75) is 98.6 Å². The van der Waals surface area contributed by atoms with Gasteiger partial charge in [-0.3, -0.25) is 5.43 Å². The summed E-state index contributed by atoms with van der Waals surface area (Å²) in [5.74, 6) is 0.898. The summed E-state index contributed by atoms with van der Waals surface area (Å²) in [4.78, 5) is 14.3. The van der Waals surface area contributed by atoms with Crippen LogP contribution in [-0.2, 0) is 9.47 Å². The molecule has 0 aromatic heterocycles. The fourth-order valence-electron chi connectivity index (χ4n) is 3.36. The van der Waals surface area contributed by atoms with Crippen LogP contribution in [0.4, 0.5) is 4.79 Å². The number of hydrazone groups is 1. The first kappa shape index (κ1) is 29.6. The maximum atomic E-state index is 12.5. The third-order valence-corrected chi connectivity index (χ3v) is 5.34. The molecule has 34 heavy (non-hydrogen) atoms. The number of hydrogen-bond acceptors (Lipinski definition) is 8. The first-order valence-electron chi connectivity index (χ1n) is 12.6. The molecule has 1 saturated heterocycles. The van der Waals surface area contributed by atoms with Crippen LogP contribution in [-0.4, -0.2) is 60.2 Å². The van der Waals surface area contributed by atoms with Crippen molar-refractivity contribution in [2.75, 3.05) is 26.7 Å². The maximum Gasteiger partial charge on any atom is 0.410 e. The molecule has 0 saturated carbocycles. The topological polar surface area (TPSA) is 90.5 Å². The van der Waals surface area contributed by atoms with Gasteiger partial charge in [0.2, 0.25) is 0 Å². The van der Waals surface area contributed by atoms with Gasteiger partial charge in [-0.2, -0.15) is 5.10 Å². The highest BCUT2D eigenvalue weighted by Crippen LogP contribution is 2.19. The van der Waals surface area contributed by atoms with E-state index in [1.807, 2.05) is 45.1 Å². The van der Waals surface area contributed by atoms with Crippen molar-refractivity contribution < 1.29 is 14.3 Å². The van der Waals surface area contributed by atoms with Gasteiger partial charge >= 0.3 is 6.09 Å². The van der Waals surface area contributed by atoms with Crippen molar-refractivity contribution in [3.05, 3.63) is 23.7 Å². The molecule has 0 unspecified atom stereocenters. The Morgan fingerprint density at radius 1 is 1.18 bits per heavy atom. The Balaban J connectivity index is 2.95. The van der Waals surface area contributed by atoms with E-state index in [9.17, 15) is 4.79 Å². The molecular weight excluding hydrogens is 432 g/mol. The van der Waals surface area contributed by atoms with Crippen LogP contribution in [0.1, 0.15) is 87.0 Å². The predicted octanol–water partition coefficient (Wildman–Crippen LogP) is 4.65. The van der Waals surface area contributed by atoms with Crippen molar-refractivity contribution in [3.63, 3.8) is 0 Å². The Bertz CT molecular complexity index is 685. The van der Waals surface area contributed by atoms with E-state index in [2.05, 4.69) is 37.0 Å². The molecule has 3 N–H and O–H groups in total. The number of amides is 1. The van der Waals surface area contributed by atoms with E-state index in [0.29, 0.717) is 13.1 Å². The molecule has 0 bridgehead atoms. The van der Waals surface area contributed by atoms with Gasteiger partial charge in [-0.25, -0.2) is 15.3 Å². The van der Waals surface area contributed by atoms with Crippen LogP contribution >= 0.6 is 0 Å². The standard InChI is InChI=1S/C25H48N6O3/c1-9-12-15-26-27-19-20(4)28-31(29-21(10-2)18-23(11-3)33-8)22-13-16-30(17-14-22)24(32)34-25(5,6)7/h18-19,22,26-28H,9-17H2,1-8H3/b20-19-,23-18+,29-21+. The van der Waals surface area contributed by atoms with E-state index in [4.69, 9.17) is 14.6 Å². The summed E-state index contributed by atoms with van der Waals surface area (Å²) in [6.07, 6.45) is 9.09. The molecule has 9 nitrogen and oxygen atoms in total. The Morgan fingerprint density at radius 2 is 1.85 bits per heavy atom. The van der Waals surface area contributed by atoms with E-state index in [1.54, 1.807) is 12.0 Å². The average molecular weight is 481 g/mol. The highest BCUT2D eigenvalue weighted by atomic mass is 16.6. The largest absolute Gasteiger partial charge is 0.501 e. The number of nitrogens with one attached hydrogen (secondary N) is 3. The second-order valence-electron chi connectivity index (χ2n) is 9.52. The third-order valence-electron chi connectivity index (χ3n) is 5.34.